The van der Waals surface area contributed by atoms with Crippen molar-refractivity contribution in [2.45, 2.75) is 250 Å². The van der Waals surface area contributed by atoms with Gasteiger partial charge in [-0.1, -0.05) is 194 Å². The molecule has 374 valence electrons. The van der Waals surface area contributed by atoms with E-state index >= 15 is 0 Å². The molecule has 15 heteroatoms. The Balaban J connectivity index is -0.000000902. The van der Waals surface area contributed by atoms with Crippen LogP contribution in [0.25, 0.3) is 0 Å². The van der Waals surface area contributed by atoms with Crippen LogP contribution >= 0.6 is 0 Å². The molecule has 2 unspecified atom stereocenters. The summed E-state index contributed by atoms with van der Waals surface area (Å²) in [4.78, 5) is 53.2. The summed E-state index contributed by atoms with van der Waals surface area (Å²) in [6.45, 7) is 3.59. The molecule has 8 N–H and O–H groups in total. The first kappa shape index (κ1) is 64.4. The number of carboxylic acids is 3. The molecule has 15 nitrogen and oxygen atoms in total. The lowest BCUT2D eigenvalue weighted by Crippen LogP contribution is -2.42. The topological polar surface area (TPSA) is 266 Å². The Morgan fingerprint density at radius 1 is 0.413 bits per heavy atom. The highest BCUT2D eigenvalue weighted by Gasteiger charge is 2.40. The molecule has 0 heterocycles. The molecule has 0 bridgehead atoms. The van der Waals surface area contributed by atoms with Crippen molar-refractivity contribution in [2.75, 3.05) is 26.4 Å². The van der Waals surface area contributed by atoms with E-state index in [1.165, 1.54) is 167 Å². The number of unbranched alkanes of at least 4 members (excludes halogenated alkanes) is 28. The fourth-order valence-electron chi connectivity index (χ4n) is 6.62. The van der Waals surface area contributed by atoms with Crippen molar-refractivity contribution < 1.29 is 74.3 Å². The van der Waals surface area contributed by atoms with Crippen molar-refractivity contribution in [1.82, 2.24) is 0 Å². The zero-order chi connectivity index (χ0) is 47.8. The van der Waals surface area contributed by atoms with Gasteiger partial charge in [-0.15, -0.1) is 0 Å². The highest BCUT2D eigenvalue weighted by atomic mass is 16.5. The summed E-state index contributed by atoms with van der Waals surface area (Å²) in [5.74, 6) is -5.57. The van der Waals surface area contributed by atoms with E-state index in [9.17, 15) is 24.0 Å². The molecule has 0 amide bonds. The van der Waals surface area contributed by atoms with Gasteiger partial charge in [0.15, 0.2) is 5.60 Å². The Kier molecular flexibility index (Phi) is 49.7. The molecular formula is C48H92O15. The summed E-state index contributed by atoms with van der Waals surface area (Å²) >= 11 is 0. The lowest BCUT2D eigenvalue weighted by atomic mass is 9.96. The molecule has 0 aromatic rings. The van der Waals surface area contributed by atoms with Crippen molar-refractivity contribution in [3.05, 3.63) is 0 Å². The summed E-state index contributed by atoms with van der Waals surface area (Å²) in [7, 11) is 0. The van der Waals surface area contributed by atoms with Crippen LogP contribution in [0.15, 0.2) is 0 Å². The number of carboxylic acid groups (broad SMARTS) is 3. The predicted octanol–water partition coefficient (Wildman–Crippen LogP) is 9.04. The van der Waals surface area contributed by atoms with Gasteiger partial charge in [0.1, 0.15) is 25.4 Å². The van der Waals surface area contributed by atoms with Crippen LogP contribution in [0.3, 0.4) is 0 Å². The van der Waals surface area contributed by atoms with E-state index in [1.54, 1.807) is 0 Å². The number of esters is 2. The number of carbonyl (C=O) groups excluding carboxylic acids is 2. The van der Waals surface area contributed by atoms with Crippen LogP contribution in [0.4, 0.5) is 0 Å². The third kappa shape index (κ3) is 51.7. The molecule has 0 aromatic carbocycles. The SMILES string of the molecule is CCCCCCCCCCCCCCCCCC(=O)OCC(O)CO.CCCCCCCCCCCCCCCCCC(=O)OCC(O)CO.O=C(O)CC(O)(CC(=O)O)C(=O)O. The van der Waals surface area contributed by atoms with E-state index in [1.807, 2.05) is 0 Å². The minimum atomic E-state index is -2.74. The number of ether oxygens (including phenoxy) is 2. The number of aliphatic hydroxyl groups is 5. The summed E-state index contributed by atoms with van der Waals surface area (Å²) in [6, 6.07) is 0. The van der Waals surface area contributed by atoms with Gasteiger partial charge in [0, 0.05) is 12.8 Å². The average Bonchev–Trinajstić information content (AvgIpc) is 3.24. The maximum Gasteiger partial charge on any atom is 0.336 e. The zero-order valence-electron chi connectivity index (χ0n) is 39.5. The van der Waals surface area contributed by atoms with Gasteiger partial charge in [-0.25, -0.2) is 4.79 Å². The van der Waals surface area contributed by atoms with Gasteiger partial charge in [-0.2, -0.15) is 0 Å². The van der Waals surface area contributed by atoms with Gasteiger partial charge < -0.3 is 50.3 Å². The number of carbonyl (C=O) groups is 5. The lowest BCUT2D eigenvalue weighted by Gasteiger charge is -2.18. The van der Waals surface area contributed by atoms with Crippen molar-refractivity contribution in [1.29, 1.82) is 0 Å². The second-order valence-corrected chi connectivity index (χ2v) is 16.9. The molecule has 2 atom stereocenters. The monoisotopic (exact) mass is 909 g/mol. The molecule has 0 fully saturated rings. The quantitative estimate of drug-likeness (QED) is 0.0209. The summed E-state index contributed by atoms with van der Waals surface area (Å²) < 4.78 is 9.73. The molecule has 0 saturated carbocycles. The van der Waals surface area contributed by atoms with Crippen LogP contribution in [0.5, 0.6) is 0 Å². The number of hydrogen-bond donors (Lipinski definition) is 8. The Morgan fingerprint density at radius 2 is 0.635 bits per heavy atom. The van der Waals surface area contributed by atoms with Gasteiger partial charge in [0.2, 0.25) is 0 Å². The van der Waals surface area contributed by atoms with Gasteiger partial charge >= 0.3 is 29.8 Å². The third-order valence-corrected chi connectivity index (χ3v) is 10.5. The minimum absolute atomic E-state index is 0.103. The van der Waals surface area contributed by atoms with E-state index in [-0.39, 0.29) is 38.4 Å². The summed E-state index contributed by atoms with van der Waals surface area (Å²) in [5.41, 5.74) is -2.74. The van der Waals surface area contributed by atoms with E-state index < -0.39 is 48.6 Å². The largest absolute Gasteiger partial charge is 0.481 e. The maximum absolute atomic E-state index is 11.4. The van der Waals surface area contributed by atoms with E-state index in [2.05, 4.69) is 13.8 Å². The zero-order valence-corrected chi connectivity index (χ0v) is 39.5. The number of hydrogen-bond acceptors (Lipinski definition) is 12. The second-order valence-electron chi connectivity index (χ2n) is 16.9. The maximum atomic E-state index is 11.4. The highest BCUT2D eigenvalue weighted by Crippen LogP contribution is 2.17. The smallest absolute Gasteiger partial charge is 0.336 e. The van der Waals surface area contributed by atoms with Crippen molar-refractivity contribution in [3.8, 4) is 0 Å². The van der Waals surface area contributed by atoms with Crippen LogP contribution in [0.1, 0.15) is 232 Å². The van der Waals surface area contributed by atoms with E-state index in [0.29, 0.717) is 12.8 Å². The molecule has 0 saturated heterocycles. The first-order valence-corrected chi connectivity index (χ1v) is 24.5. The Morgan fingerprint density at radius 3 is 0.825 bits per heavy atom. The fourth-order valence-corrected chi connectivity index (χ4v) is 6.62. The van der Waals surface area contributed by atoms with Crippen LogP contribution in [0, 0.1) is 0 Å². The van der Waals surface area contributed by atoms with Gasteiger partial charge in [0.05, 0.1) is 26.1 Å². The standard InChI is InChI=1S/2C21H42O4.C6H8O7/c2*1-2-3-4-5-6-7-8-9-10-11-12-13-14-15-16-17-21(24)25-19-20(23)18-22;7-3(8)1-6(13,5(11)12)2-4(9)10/h2*20,22-23H,2-19H2,1H3;13H,1-2H2,(H,7,8)(H,9,10)(H,11,12). The average molecular weight is 909 g/mol. The Labute approximate surface area is 379 Å². The third-order valence-electron chi connectivity index (χ3n) is 10.5. The van der Waals surface area contributed by atoms with Crippen molar-refractivity contribution >= 4 is 29.8 Å². The molecule has 0 radical (unpaired) electrons. The van der Waals surface area contributed by atoms with Crippen molar-refractivity contribution in [3.63, 3.8) is 0 Å². The van der Waals surface area contributed by atoms with Crippen molar-refractivity contribution in [2.24, 2.45) is 0 Å². The molecule has 0 aliphatic carbocycles. The normalized spacial score (nSPS) is 12.0. The van der Waals surface area contributed by atoms with Gasteiger partial charge in [-0.05, 0) is 12.8 Å². The van der Waals surface area contributed by atoms with E-state index in [0.717, 1.165) is 25.7 Å². The first-order valence-electron chi connectivity index (χ1n) is 24.5. The Bertz CT molecular complexity index is 999. The van der Waals surface area contributed by atoms with Crippen LogP contribution in [-0.2, 0) is 33.4 Å². The van der Waals surface area contributed by atoms with Gasteiger partial charge in [-0.3, -0.25) is 19.2 Å². The fraction of sp³-hybridized carbons (Fsp3) is 0.896. The van der Waals surface area contributed by atoms with Crippen LogP contribution < -0.4 is 0 Å². The second kappa shape index (κ2) is 48.6. The number of aliphatic hydroxyl groups excluding tert-OH is 4. The number of rotatable bonds is 43. The molecule has 0 aliphatic rings. The molecule has 0 rings (SSSR count). The predicted molar refractivity (Wildman–Crippen MR) is 244 cm³/mol. The van der Waals surface area contributed by atoms with Gasteiger partial charge in [0.25, 0.3) is 0 Å². The van der Waals surface area contributed by atoms with Crippen LogP contribution in [-0.4, -0.2) is 115 Å². The first-order chi connectivity index (χ1) is 30.2. The summed E-state index contributed by atoms with van der Waals surface area (Å²) in [5, 5.41) is 69.2. The summed E-state index contributed by atoms with van der Waals surface area (Å²) in [6.07, 6.45) is 35.8. The molecular weight excluding hydrogens is 817 g/mol. The highest BCUT2D eigenvalue weighted by molar-refractivity contribution is 5.88. The van der Waals surface area contributed by atoms with Crippen LogP contribution in [0.2, 0.25) is 0 Å². The molecule has 63 heavy (non-hydrogen) atoms. The minimum Gasteiger partial charge on any atom is -0.481 e. The molecule has 0 aliphatic heterocycles. The Hall–Kier alpha value is -2.85. The molecule has 0 spiro atoms. The lowest BCUT2D eigenvalue weighted by molar-refractivity contribution is -0.170. The molecule has 0 aromatic heterocycles. The number of aliphatic carboxylic acids is 3. The van der Waals surface area contributed by atoms with E-state index in [4.69, 9.17) is 50.3 Å².